The number of carbonyl (C=O) groups excluding carboxylic acids is 1. The Bertz CT molecular complexity index is 504. The first-order chi connectivity index (χ1) is 11.7. The summed E-state index contributed by atoms with van der Waals surface area (Å²) in [6.45, 7) is 1.57. The van der Waals surface area contributed by atoms with Crippen molar-refractivity contribution in [1.82, 2.24) is 4.90 Å². The number of carbonyl (C=O) groups is 1. The van der Waals surface area contributed by atoms with Gasteiger partial charge < -0.3 is 9.64 Å². The van der Waals surface area contributed by atoms with Crippen molar-refractivity contribution in [3.8, 4) is 0 Å². The molecule has 2 saturated carbocycles. The molecule has 3 nitrogen and oxygen atoms in total. The molecule has 0 N–H and O–H groups in total. The molecule has 1 aromatic carbocycles. The summed E-state index contributed by atoms with van der Waals surface area (Å²) < 4.78 is 5.89. The first-order valence-electron chi connectivity index (χ1n) is 9.59. The van der Waals surface area contributed by atoms with Crippen molar-refractivity contribution in [2.45, 2.75) is 64.0 Å². The van der Waals surface area contributed by atoms with Crippen LogP contribution in [0.15, 0.2) is 30.3 Å². The Morgan fingerprint density at radius 2 is 1.71 bits per heavy atom. The number of nitrogens with zero attached hydrogens (tertiary/aromatic N) is 1. The van der Waals surface area contributed by atoms with Gasteiger partial charge in [-0.05, 0) is 62.3 Å². The lowest BCUT2D eigenvalue weighted by molar-refractivity contribution is -0.134. The molecule has 0 atom stereocenters. The van der Waals surface area contributed by atoms with E-state index in [1.165, 1.54) is 50.5 Å². The third kappa shape index (κ3) is 4.83. The summed E-state index contributed by atoms with van der Waals surface area (Å²) in [4.78, 5) is 14.4. The van der Waals surface area contributed by atoms with Gasteiger partial charge in [-0.2, -0.15) is 0 Å². The molecule has 2 aliphatic carbocycles. The maximum Gasteiger partial charge on any atom is 0.222 e. The smallest absolute Gasteiger partial charge is 0.222 e. The maximum atomic E-state index is 12.4. The minimum Gasteiger partial charge on any atom is -0.376 e. The molecule has 3 heteroatoms. The first kappa shape index (κ1) is 17.5. The summed E-state index contributed by atoms with van der Waals surface area (Å²) >= 11 is 0. The first-order valence-corrected chi connectivity index (χ1v) is 9.59. The zero-order valence-corrected chi connectivity index (χ0v) is 15.0. The fraction of sp³-hybridized carbons (Fsp3) is 0.667. The summed E-state index contributed by atoms with van der Waals surface area (Å²) in [5.41, 5.74) is 1.25. The standard InChI is InChI=1S/C21H31NO2/c1-22(20-8-5-9-20)21(23)14-17-10-12-19(13-11-17)16-24-15-18-6-3-2-4-7-18/h2-4,6-7,17,19-20H,5,8-16H2,1H3. The summed E-state index contributed by atoms with van der Waals surface area (Å²) in [6, 6.07) is 10.9. The summed E-state index contributed by atoms with van der Waals surface area (Å²) in [6.07, 6.45) is 9.23. The number of rotatable bonds is 7. The molecule has 24 heavy (non-hydrogen) atoms. The molecular weight excluding hydrogens is 298 g/mol. The van der Waals surface area contributed by atoms with Crippen LogP contribution in [0.25, 0.3) is 0 Å². The second-order valence-corrected chi connectivity index (χ2v) is 7.68. The van der Waals surface area contributed by atoms with Crippen LogP contribution in [0.5, 0.6) is 0 Å². The van der Waals surface area contributed by atoms with Gasteiger partial charge in [-0.1, -0.05) is 30.3 Å². The highest BCUT2D eigenvalue weighted by Crippen LogP contribution is 2.32. The normalized spacial score (nSPS) is 24.4. The lowest BCUT2D eigenvalue weighted by Crippen LogP contribution is -2.42. The monoisotopic (exact) mass is 329 g/mol. The minimum atomic E-state index is 0.364. The van der Waals surface area contributed by atoms with E-state index in [0.29, 0.717) is 30.4 Å². The number of benzene rings is 1. The van der Waals surface area contributed by atoms with Crippen LogP contribution < -0.4 is 0 Å². The fourth-order valence-corrected chi connectivity index (χ4v) is 3.89. The van der Waals surface area contributed by atoms with Crippen molar-refractivity contribution in [1.29, 1.82) is 0 Å². The molecule has 0 saturated heterocycles. The topological polar surface area (TPSA) is 29.5 Å². The van der Waals surface area contributed by atoms with Crippen LogP contribution in [0, 0.1) is 11.8 Å². The number of amides is 1. The summed E-state index contributed by atoms with van der Waals surface area (Å²) in [5.74, 6) is 1.62. The molecule has 1 amide bonds. The van der Waals surface area contributed by atoms with Gasteiger partial charge in [0.15, 0.2) is 0 Å². The van der Waals surface area contributed by atoms with E-state index in [1.807, 2.05) is 18.0 Å². The molecular formula is C21H31NO2. The van der Waals surface area contributed by atoms with Crippen molar-refractivity contribution >= 4 is 5.91 Å². The van der Waals surface area contributed by atoms with E-state index in [-0.39, 0.29) is 0 Å². The fourth-order valence-electron chi connectivity index (χ4n) is 3.89. The van der Waals surface area contributed by atoms with E-state index >= 15 is 0 Å². The molecule has 2 fully saturated rings. The third-order valence-electron chi connectivity index (χ3n) is 5.91. The number of hydrogen-bond donors (Lipinski definition) is 0. The molecule has 0 bridgehead atoms. The molecule has 0 aliphatic heterocycles. The van der Waals surface area contributed by atoms with Crippen LogP contribution in [0.4, 0.5) is 0 Å². The van der Waals surface area contributed by atoms with Crippen molar-refractivity contribution < 1.29 is 9.53 Å². The summed E-state index contributed by atoms with van der Waals surface area (Å²) in [5, 5.41) is 0. The second-order valence-electron chi connectivity index (χ2n) is 7.68. The van der Waals surface area contributed by atoms with Crippen LogP contribution in [0.3, 0.4) is 0 Å². The maximum absolute atomic E-state index is 12.4. The van der Waals surface area contributed by atoms with E-state index in [1.54, 1.807) is 0 Å². The van der Waals surface area contributed by atoms with Gasteiger partial charge in [0.2, 0.25) is 5.91 Å². The highest BCUT2D eigenvalue weighted by Gasteiger charge is 2.28. The molecule has 0 unspecified atom stereocenters. The average Bonchev–Trinajstić information content (AvgIpc) is 2.56. The lowest BCUT2D eigenvalue weighted by Gasteiger charge is -2.36. The Morgan fingerprint density at radius 1 is 1.04 bits per heavy atom. The Hall–Kier alpha value is -1.35. The molecule has 0 aromatic heterocycles. The van der Waals surface area contributed by atoms with Gasteiger partial charge in [0.1, 0.15) is 0 Å². The zero-order valence-electron chi connectivity index (χ0n) is 15.0. The Kier molecular flexibility index (Phi) is 6.30. The van der Waals surface area contributed by atoms with Crippen LogP contribution in [-0.4, -0.2) is 30.5 Å². The Labute approximate surface area is 146 Å². The quantitative estimate of drug-likeness (QED) is 0.741. The van der Waals surface area contributed by atoms with E-state index < -0.39 is 0 Å². The molecule has 0 spiro atoms. The second kappa shape index (κ2) is 8.66. The van der Waals surface area contributed by atoms with Crippen LogP contribution >= 0.6 is 0 Å². The van der Waals surface area contributed by atoms with Crippen LogP contribution in [0.1, 0.15) is 56.9 Å². The van der Waals surface area contributed by atoms with Gasteiger partial charge in [0.25, 0.3) is 0 Å². The van der Waals surface area contributed by atoms with E-state index in [9.17, 15) is 4.79 Å². The minimum absolute atomic E-state index is 0.364. The van der Waals surface area contributed by atoms with Gasteiger partial charge in [-0.25, -0.2) is 0 Å². The molecule has 0 heterocycles. The van der Waals surface area contributed by atoms with E-state index in [2.05, 4.69) is 24.3 Å². The largest absolute Gasteiger partial charge is 0.376 e. The SMILES string of the molecule is CN(C(=O)CC1CCC(COCc2ccccc2)CC1)C1CCC1. The van der Waals surface area contributed by atoms with E-state index in [4.69, 9.17) is 4.74 Å². The highest BCUT2D eigenvalue weighted by atomic mass is 16.5. The average molecular weight is 329 g/mol. The van der Waals surface area contributed by atoms with Gasteiger partial charge >= 0.3 is 0 Å². The molecule has 0 radical (unpaired) electrons. The zero-order chi connectivity index (χ0) is 16.8. The highest BCUT2D eigenvalue weighted by molar-refractivity contribution is 5.76. The van der Waals surface area contributed by atoms with Gasteiger partial charge in [-0.15, -0.1) is 0 Å². The molecule has 2 aliphatic rings. The number of ether oxygens (including phenoxy) is 1. The predicted octanol–water partition coefficient (Wildman–Crippen LogP) is 4.41. The number of hydrogen-bond acceptors (Lipinski definition) is 2. The van der Waals surface area contributed by atoms with Crippen molar-refractivity contribution in [3.05, 3.63) is 35.9 Å². The van der Waals surface area contributed by atoms with Crippen LogP contribution in [-0.2, 0) is 16.1 Å². The van der Waals surface area contributed by atoms with E-state index in [0.717, 1.165) is 13.0 Å². The Morgan fingerprint density at radius 3 is 2.33 bits per heavy atom. The van der Waals surface area contributed by atoms with Crippen molar-refractivity contribution in [2.24, 2.45) is 11.8 Å². The van der Waals surface area contributed by atoms with Gasteiger partial charge in [0.05, 0.1) is 6.61 Å². The van der Waals surface area contributed by atoms with Gasteiger partial charge in [0, 0.05) is 26.1 Å². The van der Waals surface area contributed by atoms with Crippen molar-refractivity contribution in [3.63, 3.8) is 0 Å². The summed E-state index contributed by atoms with van der Waals surface area (Å²) in [7, 11) is 2.00. The predicted molar refractivity (Wildman–Crippen MR) is 96.6 cm³/mol. The van der Waals surface area contributed by atoms with Crippen LogP contribution in [0.2, 0.25) is 0 Å². The van der Waals surface area contributed by atoms with Crippen molar-refractivity contribution in [2.75, 3.05) is 13.7 Å². The third-order valence-corrected chi connectivity index (χ3v) is 5.91. The molecule has 1 aromatic rings. The molecule has 3 rings (SSSR count). The van der Waals surface area contributed by atoms with Gasteiger partial charge in [-0.3, -0.25) is 4.79 Å². The Balaban J connectivity index is 1.31. The molecule has 132 valence electrons. The lowest BCUT2D eigenvalue weighted by atomic mass is 9.80.